The summed E-state index contributed by atoms with van der Waals surface area (Å²) < 4.78 is 6.44. The molecule has 19 heavy (non-hydrogen) atoms. The van der Waals surface area contributed by atoms with E-state index in [0.29, 0.717) is 0 Å². The van der Waals surface area contributed by atoms with Gasteiger partial charge < -0.3 is 20.1 Å². The van der Waals surface area contributed by atoms with Crippen molar-refractivity contribution in [3.8, 4) is 0 Å². The van der Waals surface area contributed by atoms with Crippen LogP contribution in [0.1, 0.15) is 19.6 Å². The van der Waals surface area contributed by atoms with Gasteiger partial charge in [-0.2, -0.15) is 0 Å². The lowest BCUT2D eigenvalue weighted by molar-refractivity contribution is -0.130. The first-order valence-corrected chi connectivity index (χ1v) is 5.91. The first kappa shape index (κ1) is 13.9. The topological polar surface area (TPSA) is 125 Å². The molecule has 4 atom stereocenters. The number of aromatic amines is 1. The van der Waals surface area contributed by atoms with Crippen LogP contribution >= 0.6 is 0 Å². The van der Waals surface area contributed by atoms with Crippen LogP contribution in [-0.2, 0) is 4.74 Å². The van der Waals surface area contributed by atoms with E-state index in [1.807, 2.05) is 4.98 Å². The lowest BCUT2D eigenvalue weighted by atomic mass is 9.93. The number of ether oxygens (including phenoxy) is 1. The molecule has 0 saturated carbocycles. The van der Waals surface area contributed by atoms with Crippen molar-refractivity contribution in [2.45, 2.75) is 37.4 Å². The molecule has 1 fully saturated rings. The molecule has 1 aromatic heterocycles. The molecule has 0 spiro atoms. The van der Waals surface area contributed by atoms with E-state index in [9.17, 15) is 24.9 Å². The average molecular weight is 272 g/mol. The van der Waals surface area contributed by atoms with Crippen molar-refractivity contribution in [2.24, 2.45) is 0 Å². The molecule has 8 heteroatoms. The van der Waals surface area contributed by atoms with Crippen molar-refractivity contribution < 1.29 is 20.1 Å². The number of rotatable bonds is 3. The molecule has 8 nitrogen and oxygen atoms in total. The van der Waals surface area contributed by atoms with Crippen LogP contribution in [0.4, 0.5) is 0 Å². The molecule has 1 unspecified atom stereocenters. The van der Waals surface area contributed by atoms with Gasteiger partial charge in [0.1, 0.15) is 17.8 Å². The molecule has 1 aliphatic heterocycles. The van der Waals surface area contributed by atoms with Crippen LogP contribution in [0.25, 0.3) is 0 Å². The molecule has 2 rings (SSSR count). The summed E-state index contributed by atoms with van der Waals surface area (Å²) in [6.07, 6.45) is -2.44. The second-order valence-corrected chi connectivity index (χ2v) is 4.54. The Morgan fingerprint density at radius 3 is 2.63 bits per heavy atom. The summed E-state index contributed by atoms with van der Waals surface area (Å²) in [5.74, 6) is 0. The predicted molar refractivity (Wildman–Crippen MR) is 63.6 cm³/mol. The number of nitrogens with one attached hydrogen (secondary N) is 1. The van der Waals surface area contributed by atoms with E-state index in [4.69, 9.17) is 4.74 Å². The molecule has 1 saturated heterocycles. The van der Waals surface area contributed by atoms with E-state index < -0.39 is 41.9 Å². The van der Waals surface area contributed by atoms with E-state index in [1.165, 1.54) is 6.20 Å². The minimum atomic E-state index is -1.38. The Kier molecular flexibility index (Phi) is 3.59. The molecule has 2 heterocycles. The Morgan fingerprint density at radius 2 is 2.16 bits per heavy atom. The zero-order chi connectivity index (χ0) is 14.2. The van der Waals surface area contributed by atoms with Crippen molar-refractivity contribution in [3.05, 3.63) is 33.1 Å². The fraction of sp³-hybridized carbons (Fsp3) is 0.636. The number of hydrogen-bond donors (Lipinski definition) is 4. The van der Waals surface area contributed by atoms with Crippen LogP contribution in [0.2, 0.25) is 0 Å². The second-order valence-electron chi connectivity index (χ2n) is 4.54. The largest absolute Gasteiger partial charge is 0.393 e. The summed E-state index contributed by atoms with van der Waals surface area (Å²) in [5, 5.41) is 29.3. The Labute approximate surface area is 107 Å². The Morgan fingerprint density at radius 1 is 1.47 bits per heavy atom. The van der Waals surface area contributed by atoms with Crippen LogP contribution in [0, 0.1) is 0 Å². The standard InChI is InChI=1S/C11H16N2O6/c1-2-11(5-14)8(17)7(16)9(19-11)13-4-3-6(15)12-10(13)18/h3-4,7-9,14,16-17H,2,5H2,1H3,(H,12,15,18)/t7-,8?,9+,11-/m0/s1. The SMILES string of the molecule is CC[C@@]1(CO)O[C@@H](n2ccc(=O)[nH]c2=O)[C@@H](O)C1O. The second kappa shape index (κ2) is 4.89. The Bertz CT molecular complexity index is 561. The molecule has 0 aliphatic carbocycles. The smallest absolute Gasteiger partial charge is 0.330 e. The highest BCUT2D eigenvalue weighted by atomic mass is 16.6. The molecular formula is C11H16N2O6. The number of aromatic nitrogens is 2. The molecule has 1 aromatic rings. The maximum atomic E-state index is 11.6. The van der Waals surface area contributed by atoms with E-state index in [2.05, 4.69) is 0 Å². The highest BCUT2D eigenvalue weighted by Crippen LogP contribution is 2.38. The Hall–Kier alpha value is -1.48. The van der Waals surface area contributed by atoms with Crippen LogP contribution in [-0.4, -0.2) is 49.3 Å². The fourth-order valence-corrected chi connectivity index (χ4v) is 2.23. The molecule has 4 N–H and O–H groups in total. The molecule has 106 valence electrons. The van der Waals surface area contributed by atoms with Crippen molar-refractivity contribution in [2.75, 3.05) is 6.61 Å². The minimum Gasteiger partial charge on any atom is -0.393 e. The van der Waals surface area contributed by atoms with Gasteiger partial charge in [-0.1, -0.05) is 6.92 Å². The lowest BCUT2D eigenvalue weighted by Gasteiger charge is -2.28. The van der Waals surface area contributed by atoms with Gasteiger partial charge >= 0.3 is 5.69 Å². The quantitative estimate of drug-likeness (QED) is 0.501. The number of aliphatic hydroxyl groups excluding tert-OH is 3. The van der Waals surface area contributed by atoms with Gasteiger partial charge in [0.05, 0.1) is 6.61 Å². The van der Waals surface area contributed by atoms with Crippen LogP contribution in [0.3, 0.4) is 0 Å². The third kappa shape index (κ3) is 2.12. The van der Waals surface area contributed by atoms with Gasteiger partial charge in [-0.25, -0.2) is 4.79 Å². The van der Waals surface area contributed by atoms with E-state index in [0.717, 1.165) is 10.6 Å². The molecular weight excluding hydrogens is 256 g/mol. The van der Waals surface area contributed by atoms with Gasteiger partial charge in [0.15, 0.2) is 6.23 Å². The summed E-state index contributed by atoms with van der Waals surface area (Å²) in [6, 6.07) is 1.11. The predicted octanol–water partition coefficient (Wildman–Crippen LogP) is -2.07. The minimum absolute atomic E-state index is 0.260. The zero-order valence-corrected chi connectivity index (χ0v) is 10.3. The maximum Gasteiger partial charge on any atom is 0.330 e. The summed E-state index contributed by atoms with van der Waals surface area (Å²) >= 11 is 0. The summed E-state index contributed by atoms with van der Waals surface area (Å²) in [7, 11) is 0. The summed E-state index contributed by atoms with van der Waals surface area (Å²) in [4.78, 5) is 24.7. The lowest BCUT2D eigenvalue weighted by Crippen LogP contribution is -2.45. The molecule has 1 aliphatic rings. The van der Waals surface area contributed by atoms with E-state index in [-0.39, 0.29) is 6.42 Å². The number of aliphatic hydroxyl groups is 3. The first-order chi connectivity index (χ1) is 8.95. The number of hydrogen-bond acceptors (Lipinski definition) is 6. The normalized spacial score (nSPS) is 34.6. The van der Waals surface area contributed by atoms with Crippen molar-refractivity contribution in [1.29, 1.82) is 0 Å². The summed E-state index contributed by atoms with van der Waals surface area (Å²) in [5.41, 5.74) is -2.65. The van der Waals surface area contributed by atoms with Gasteiger partial charge in [0.25, 0.3) is 5.56 Å². The zero-order valence-electron chi connectivity index (χ0n) is 10.3. The number of nitrogens with zero attached hydrogens (tertiary/aromatic N) is 1. The van der Waals surface area contributed by atoms with E-state index >= 15 is 0 Å². The third-order valence-electron chi connectivity index (χ3n) is 3.50. The van der Waals surface area contributed by atoms with Crippen LogP contribution in [0.15, 0.2) is 21.9 Å². The average Bonchev–Trinajstić information content (AvgIpc) is 2.64. The van der Waals surface area contributed by atoms with Crippen LogP contribution in [0.5, 0.6) is 0 Å². The van der Waals surface area contributed by atoms with Crippen molar-refractivity contribution in [3.63, 3.8) is 0 Å². The highest BCUT2D eigenvalue weighted by molar-refractivity contribution is 5.01. The van der Waals surface area contributed by atoms with Crippen molar-refractivity contribution >= 4 is 0 Å². The molecule has 0 radical (unpaired) electrons. The van der Waals surface area contributed by atoms with Gasteiger partial charge in [0.2, 0.25) is 0 Å². The Balaban J connectivity index is 2.42. The molecule has 0 bridgehead atoms. The fourth-order valence-electron chi connectivity index (χ4n) is 2.23. The van der Waals surface area contributed by atoms with Crippen molar-refractivity contribution in [1.82, 2.24) is 9.55 Å². The monoisotopic (exact) mass is 272 g/mol. The van der Waals surface area contributed by atoms with Gasteiger partial charge in [-0.05, 0) is 6.42 Å². The maximum absolute atomic E-state index is 11.6. The number of H-pyrrole nitrogens is 1. The van der Waals surface area contributed by atoms with Crippen LogP contribution < -0.4 is 11.2 Å². The molecule has 0 amide bonds. The van der Waals surface area contributed by atoms with E-state index in [1.54, 1.807) is 6.92 Å². The molecule has 0 aromatic carbocycles. The summed E-state index contributed by atoms with van der Waals surface area (Å²) in [6.45, 7) is 1.19. The van der Waals surface area contributed by atoms with Gasteiger partial charge in [-0.3, -0.25) is 14.3 Å². The first-order valence-electron chi connectivity index (χ1n) is 5.91. The van der Waals surface area contributed by atoms with Gasteiger partial charge in [-0.15, -0.1) is 0 Å². The highest BCUT2D eigenvalue weighted by Gasteiger charge is 2.53. The van der Waals surface area contributed by atoms with Gasteiger partial charge in [0, 0.05) is 12.3 Å². The third-order valence-corrected chi connectivity index (χ3v) is 3.50.